The van der Waals surface area contributed by atoms with Gasteiger partial charge < -0.3 is 9.72 Å². The van der Waals surface area contributed by atoms with E-state index < -0.39 is 16.9 Å². The first-order chi connectivity index (χ1) is 17.1. The predicted molar refractivity (Wildman–Crippen MR) is 141 cm³/mol. The van der Waals surface area contributed by atoms with Crippen LogP contribution in [0.5, 0.6) is 0 Å². The zero-order valence-electron chi connectivity index (χ0n) is 19.2. The number of ether oxygens (including phenoxy) is 1. The Morgan fingerprint density at radius 3 is 2.61 bits per heavy atom. The molecule has 1 fully saturated rings. The van der Waals surface area contributed by atoms with E-state index in [1.165, 1.54) is 0 Å². The van der Waals surface area contributed by atoms with Crippen molar-refractivity contribution in [1.82, 2.24) is 29.8 Å². The first-order valence-electron chi connectivity index (χ1n) is 11.4. The van der Waals surface area contributed by atoms with E-state index in [1.807, 2.05) is 30.5 Å². The van der Waals surface area contributed by atoms with Gasteiger partial charge in [-0.2, -0.15) is 0 Å². The Labute approximate surface area is 212 Å². The lowest BCUT2D eigenvalue weighted by Crippen LogP contribution is -2.37. The molecule has 1 aliphatic rings. The normalized spacial score (nSPS) is 14.4. The third kappa shape index (κ3) is 5.74. The maximum atomic E-state index is 11.9. The zero-order valence-corrected chi connectivity index (χ0v) is 20.0. The minimum atomic E-state index is -0.691. The largest absolute Gasteiger partial charge is 0.450 e. The number of rotatable bonds is 6. The Kier molecular flexibility index (Phi) is 8.01. The van der Waals surface area contributed by atoms with Gasteiger partial charge in [0.05, 0.1) is 17.8 Å². The third-order valence-corrected chi connectivity index (χ3v) is 6.98. The lowest BCUT2D eigenvalue weighted by Gasteiger charge is -2.25. The van der Waals surface area contributed by atoms with Crippen LogP contribution in [-0.4, -0.2) is 71.3 Å². The number of amides is 1. The van der Waals surface area contributed by atoms with Gasteiger partial charge in [0.1, 0.15) is 5.52 Å². The van der Waals surface area contributed by atoms with E-state index in [4.69, 9.17) is 4.74 Å². The molecule has 188 valence electrons. The van der Waals surface area contributed by atoms with Crippen LogP contribution in [0.1, 0.15) is 20.0 Å². The summed E-state index contributed by atoms with van der Waals surface area (Å²) >= 11 is 0. The molecule has 4 aromatic rings. The van der Waals surface area contributed by atoms with Crippen molar-refractivity contribution in [3.8, 4) is 22.5 Å². The van der Waals surface area contributed by atoms with Crippen molar-refractivity contribution in [3.05, 3.63) is 54.6 Å². The highest BCUT2D eigenvalue weighted by Gasteiger charge is 2.17. The van der Waals surface area contributed by atoms with Crippen LogP contribution in [0.3, 0.4) is 0 Å². The van der Waals surface area contributed by atoms with Gasteiger partial charge in [-0.05, 0) is 36.8 Å². The maximum Gasteiger partial charge on any atom is 0.413 e. The number of carbonyl (C=O) groups is 1. The summed E-state index contributed by atoms with van der Waals surface area (Å²) < 4.78 is 16.6. The Morgan fingerprint density at radius 1 is 1.14 bits per heavy atom. The highest BCUT2D eigenvalue weighted by atomic mass is 32.2. The average Bonchev–Trinajstić information content (AvgIpc) is 3.28. The number of nitrogens with one attached hydrogen (secondary N) is 2. The molecule has 1 aromatic carbocycles. The van der Waals surface area contributed by atoms with Crippen LogP contribution in [0.4, 0.5) is 10.7 Å². The zero-order chi connectivity index (χ0) is 24.2. The monoisotopic (exact) mass is 507 g/mol. The molecule has 0 unspecified atom stereocenters. The second kappa shape index (κ2) is 11.4. The molecular formula is C25H29N7O3S. The number of hydrogen-bond donors (Lipinski definition) is 2. The van der Waals surface area contributed by atoms with E-state index in [2.05, 4.69) is 35.1 Å². The summed E-state index contributed by atoms with van der Waals surface area (Å²) in [6.45, 7) is 4.40. The summed E-state index contributed by atoms with van der Waals surface area (Å²) in [5.74, 6) is 2.25. The molecule has 10 nitrogen and oxygen atoms in total. The van der Waals surface area contributed by atoms with Crippen molar-refractivity contribution in [2.45, 2.75) is 20.9 Å². The number of fused-ring (bicyclic) bond motifs is 1. The number of hydrogen-bond acceptors (Lipinski definition) is 8. The molecule has 1 aliphatic heterocycles. The molecule has 4 heterocycles. The summed E-state index contributed by atoms with van der Waals surface area (Å²) in [5, 5.41) is 2.61. The molecular weight excluding hydrogens is 478 g/mol. The van der Waals surface area contributed by atoms with Crippen molar-refractivity contribution in [1.29, 1.82) is 0 Å². The molecule has 0 spiro atoms. The van der Waals surface area contributed by atoms with Crippen molar-refractivity contribution in [2.24, 2.45) is 0 Å². The van der Waals surface area contributed by atoms with Gasteiger partial charge in [-0.1, -0.05) is 13.5 Å². The van der Waals surface area contributed by atoms with Gasteiger partial charge in [0.2, 0.25) is 5.95 Å². The van der Waals surface area contributed by atoms with Gasteiger partial charge in [-0.3, -0.25) is 19.4 Å². The molecule has 0 bridgehead atoms. The number of pyridine rings is 1. The van der Waals surface area contributed by atoms with Crippen molar-refractivity contribution < 1.29 is 13.7 Å². The van der Waals surface area contributed by atoms with Crippen molar-refractivity contribution in [2.75, 3.05) is 36.5 Å². The van der Waals surface area contributed by atoms with E-state index in [9.17, 15) is 9.00 Å². The van der Waals surface area contributed by atoms with Gasteiger partial charge in [-0.25, -0.2) is 19.7 Å². The minimum Gasteiger partial charge on any atom is -0.450 e. The van der Waals surface area contributed by atoms with Crippen molar-refractivity contribution >= 4 is 33.9 Å². The van der Waals surface area contributed by atoms with Crippen molar-refractivity contribution in [3.63, 3.8) is 0 Å². The summed E-state index contributed by atoms with van der Waals surface area (Å²) in [6.07, 6.45) is 4.63. The first kappa shape index (κ1) is 25.4. The second-order valence-corrected chi connectivity index (χ2v) is 9.78. The molecule has 0 aliphatic carbocycles. The van der Waals surface area contributed by atoms with E-state index in [0.717, 1.165) is 59.0 Å². The summed E-state index contributed by atoms with van der Waals surface area (Å²) in [6, 6.07) is 9.75. The fourth-order valence-electron chi connectivity index (χ4n) is 3.97. The Morgan fingerprint density at radius 2 is 1.92 bits per heavy atom. The number of carbonyl (C=O) groups excluding carboxylic acids is 1. The average molecular weight is 508 g/mol. The summed E-state index contributed by atoms with van der Waals surface area (Å²) in [7, 11) is -0.691. The van der Waals surface area contributed by atoms with Crippen LogP contribution in [0.15, 0.2) is 48.9 Å². The lowest BCUT2D eigenvalue weighted by atomic mass is 10.0. The van der Waals surface area contributed by atoms with Crippen LogP contribution in [0.2, 0.25) is 0 Å². The lowest BCUT2D eigenvalue weighted by molar-refractivity contribution is 0.167. The number of H-pyrrole nitrogens is 1. The van der Waals surface area contributed by atoms with Gasteiger partial charge in [-0.15, -0.1) is 0 Å². The molecule has 2 N–H and O–H groups in total. The van der Waals surface area contributed by atoms with E-state index in [-0.39, 0.29) is 20.0 Å². The second-order valence-electron chi connectivity index (χ2n) is 8.09. The number of imidazole rings is 1. The van der Waals surface area contributed by atoms with Crippen LogP contribution >= 0.6 is 0 Å². The van der Waals surface area contributed by atoms with Crippen LogP contribution in [0, 0.1) is 0 Å². The number of nitrogens with zero attached hydrogens (tertiary/aromatic N) is 5. The van der Waals surface area contributed by atoms with Crippen LogP contribution < -0.4 is 5.32 Å². The molecule has 36 heavy (non-hydrogen) atoms. The minimum absolute atomic E-state index is 0. The molecule has 0 radical (unpaired) electrons. The smallest absolute Gasteiger partial charge is 0.413 e. The predicted octanol–water partition coefficient (Wildman–Crippen LogP) is 3.85. The van der Waals surface area contributed by atoms with E-state index in [0.29, 0.717) is 11.3 Å². The summed E-state index contributed by atoms with van der Waals surface area (Å²) in [4.78, 5) is 35.3. The Balaban J connectivity index is 0.00000304. The van der Waals surface area contributed by atoms with E-state index >= 15 is 0 Å². The number of anilines is 1. The van der Waals surface area contributed by atoms with Gasteiger partial charge in [0, 0.05) is 71.7 Å². The quantitative estimate of drug-likeness (QED) is 0.403. The molecule has 0 atom stereocenters. The van der Waals surface area contributed by atoms with Crippen LogP contribution in [-0.2, 0) is 22.1 Å². The molecule has 1 saturated heterocycles. The Hall–Kier alpha value is -3.70. The fraction of sp³-hybridized carbons (Fsp3) is 0.320. The topological polar surface area (TPSA) is 126 Å². The van der Waals surface area contributed by atoms with Gasteiger partial charge in [0.25, 0.3) is 0 Å². The molecule has 5 rings (SSSR count). The number of aromatic amines is 1. The van der Waals surface area contributed by atoms with Crippen LogP contribution in [0.25, 0.3) is 33.5 Å². The first-order valence-corrected chi connectivity index (χ1v) is 12.9. The standard InChI is InChI=1S/C24H25N7O3S.CH4/c1-2-34-24(32)30-23-28-20-13-17(12-19(21(20)29-23)22-25-6-3-7-26-22)16-4-5-18(27-14-16)15-31-8-10-35(33)11-9-31;/h3-7,12-14H,2,8-11,15H2,1H3,(H2,28,29,30,32);1H4. The summed E-state index contributed by atoms with van der Waals surface area (Å²) in [5.41, 5.74) is 4.91. The molecule has 11 heteroatoms. The third-order valence-electron chi connectivity index (χ3n) is 5.70. The van der Waals surface area contributed by atoms with Gasteiger partial charge in [0.15, 0.2) is 5.82 Å². The maximum absolute atomic E-state index is 11.9. The Bertz CT molecular complexity index is 1350. The molecule has 0 saturated carbocycles. The fourth-order valence-corrected chi connectivity index (χ4v) is 5.10. The van der Waals surface area contributed by atoms with Gasteiger partial charge >= 0.3 is 6.09 Å². The van der Waals surface area contributed by atoms with E-state index in [1.54, 1.807) is 25.4 Å². The number of aromatic nitrogens is 5. The SMILES string of the molecule is C.CCOC(=O)Nc1nc2c(-c3ncccn3)cc(-c3ccc(CN4CCS(=O)CC4)nc3)cc2[nH]1. The molecule has 1 amide bonds. The molecule has 3 aromatic heterocycles. The number of benzene rings is 1. The highest BCUT2D eigenvalue weighted by Crippen LogP contribution is 2.32. The highest BCUT2D eigenvalue weighted by molar-refractivity contribution is 7.85.